The molecule has 1 atom stereocenters. The summed E-state index contributed by atoms with van der Waals surface area (Å²) in [4.78, 5) is 36.4. The van der Waals surface area contributed by atoms with Gasteiger partial charge in [-0.25, -0.2) is 0 Å². The molecule has 1 saturated heterocycles. The number of rotatable bonds is 3. The molecule has 2 fully saturated rings. The highest BCUT2D eigenvalue weighted by atomic mass is 16.2. The Morgan fingerprint density at radius 2 is 1.86 bits per heavy atom. The molecule has 110 valence electrons. The molecule has 0 bridgehead atoms. The SMILES string of the molecule is CC1CCC(=O)N1c1ccc(NC(=O)C2CC(=O)C2)cc1. The van der Waals surface area contributed by atoms with Gasteiger partial charge in [-0.15, -0.1) is 0 Å². The molecule has 1 N–H and O–H groups in total. The number of anilines is 2. The second-order valence-corrected chi connectivity index (χ2v) is 5.83. The number of carbonyl (C=O) groups is 3. The summed E-state index contributed by atoms with van der Waals surface area (Å²) < 4.78 is 0. The molecule has 1 saturated carbocycles. The van der Waals surface area contributed by atoms with E-state index in [9.17, 15) is 14.4 Å². The van der Waals surface area contributed by atoms with E-state index in [-0.39, 0.29) is 29.6 Å². The molecule has 2 aliphatic rings. The van der Waals surface area contributed by atoms with Gasteiger partial charge in [0.15, 0.2) is 0 Å². The fourth-order valence-corrected chi connectivity index (χ4v) is 2.85. The second kappa shape index (κ2) is 5.31. The Hall–Kier alpha value is -2.17. The molecule has 0 aromatic heterocycles. The summed E-state index contributed by atoms with van der Waals surface area (Å²) in [5, 5.41) is 2.81. The first kappa shape index (κ1) is 13.8. The van der Waals surface area contributed by atoms with E-state index in [1.54, 1.807) is 17.0 Å². The third-order valence-corrected chi connectivity index (χ3v) is 4.22. The number of amides is 2. The van der Waals surface area contributed by atoms with Gasteiger partial charge in [-0.2, -0.15) is 0 Å². The molecule has 3 rings (SSSR count). The zero-order chi connectivity index (χ0) is 15.0. The van der Waals surface area contributed by atoms with Crippen molar-refractivity contribution in [1.82, 2.24) is 0 Å². The smallest absolute Gasteiger partial charge is 0.228 e. The summed E-state index contributed by atoms with van der Waals surface area (Å²) in [6.45, 7) is 2.04. The summed E-state index contributed by atoms with van der Waals surface area (Å²) in [6, 6.07) is 7.51. The van der Waals surface area contributed by atoms with Gasteiger partial charge in [-0.05, 0) is 37.6 Å². The highest BCUT2D eigenvalue weighted by Crippen LogP contribution is 2.28. The van der Waals surface area contributed by atoms with E-state index in [1.807, 2.05) is 19.1 Å². The maximum absolute atomic E-state index is 11.9. The van der Waals surface area contributed by atoms with E-state index >= 15 is 0 Å². The number of nitrogens with zero attached hydrogens (tertiary/aromatic N) is 1. The summed E-state index contributed by atoms with van der Waals surface area (Å²) in [7, 11) is 0. The quantitative estimate of drug-likeness (QED) is 0.925. The largest absolute Gasteiger partial charge is 0.326 e. The van der Waals surface area contributed by atoms with Gasteiger partial charge >= 0.3 is 0 Å². The zero-order valence-electron chi connectivity index (χ0n) is 12.0. The Labute approximate surface area is 123 Å². The van der Waals surface area contributed by atoms with Crippen LogP contribution in [0.4, 0.5) is 11.4 Å². The van der Waals surface area contributed by atoms with Crippen LogP contribution in [-0.2, 0) is 14.4 Å². The van der Waals surface area contributed by atoms with Gasteiger partial charge in [0, 0.05) is 36.7 Å². The Kier molecular flexibility index (Phi) is 3.49. The lowest BCUT2D eigenvalue weighted by Crippen LogP contribution is -2.34. The molecule has 1 aromatic carbocycles. The highest BCUT2D eigenvalue weighted by Gasteiger charge is 2.33. The van der Waals surface area contributed by atoms with Crippen molar-refractivity contribution in [1.29, 1.82) is 0 Å². The maximum atomic E-state index is 11.9. The summed E-state index contributed by atoms with van der Waals surface area (Å²) >= 11 is 0. The minimum atomic E-state index is -0.183. The predicted molar refractivity (Wildman–Crippen MR) is 79.0 cm³/mol. The first-order valence-corrected chi connectivity index (χ1v) is 7.29. The van der Waals surface area contributed by atoms with Gasteiger partial charge in [-0.3, -0.25) is 14.4 Å². The molecular formula is C16H18N2O3. The molecule has 5 heteroatoms. The number of Topliss-reactive ketones (excluding diaryl/α,β-unsaturated/α-hetero) is 1. The average Bonchev–Trinajstić information content (AvgIpc) is 2.76. The van der Waals surface area contributed by atoms with Crippen LogP contribution in [0.25, 0.3) is 0 Å². The highest BCUT2D eigenvalue weighted by molar-refractivity contribution is 6.02. The third-order valence-electron chi connectivity index (χ3n) is 4.22. The van der Waals surface area contributed by atoms with Gasteiger partial charge in [-0.1, -0.05) is 0 Å². The molecule has 1 aliphatic carbocycles. The average molecular weight is 286 g/mol. The fraction of sp³-hybridized carbons (Fsp3) is 0.438. The van der Waals surface area contributed by atoms with Crippen LogP contribution in [0.5, 0.6) is 0 Å². The van der Waals surface area contributed by atoms with Crippen LogP contribution in [0.2, 0.25) is 0 Å². The van der Waals surface area contributed by atoms with Gasteiger partial charge < -0.3 is 10.2 Å². The lowest BCUT2D eigenvalue weighted by atomic mass is 9.83. The van der Waals surface area contributed by atoms with Gasteiger partial charge in [0.25, 0.3) is 0 Å². The fourth-order valence-electron chi connectivity index (χ4n) is 2.85. The second-order valence-electron chi connectivity index (χ2n) is 5.83. The Balaban J connectivity index is 1.65. The van der Waals surface area contributed by atoms with Crippen molar-refractivity contribution >= 4 is 29.0 Å². The minimum absolute atomic E-state index is 0.104. The lowest BCUT2D eigenvalue weighted by Gasteiger charge is -2.24. The monoisotopic (exact) mass is 286 g/mol. The number of nitrogens with one attached hydrogen (secondary N) is 1. The summed E-state index contributed by atoms with van der Waals surface area (Å²) in [5.41, 5.74) is 1.56. The van der Waals surface area contributed by atoms with Crippen LogP contribution in [-0.4, -0.2) is 23.6 Å². The Morgan fingerprint density at radius 1 is 1.19 bits per heavy atom. The van der Waals surface area contributed by atoms with E-state index in [2.05, 4.69) is 5.32 Å². The van der Waals surface area contributed by atoms with Gasteiger partial charge in [0.2, 0.25) is 11.8 Å². The molecule has 1 heterocycles. The summed E-state index contributed by atoms with van der Waals surface area (Å²) in [5.74, 6) is 0.00428. The molecule has 5 nitrogen and oxygen atoms in total. The zero-order valence-corrected chi connectivity index (χ0v) is 12.0. The van der Waals surface area contributed by atoms with Crippen LogP contribution < -0.4 is 10.2 Å². The molecule has 2 amide bonds. The third kappa shape index (κ3) is 2.68. The van der Waals surface area contributed by atoms with Crippen LogP contribution in [0.15, 0.2) is 24.3 Å². The number of hydrogen-bond acceptors (Lipinski definition) is 3. The van der Waals surface area contributed by atoms with Crippen LogP contribution >= 0.6 is 0 Å². The van der Waals surface area contributed by atoms with Crippen LogP contribution in [0.3, 0.4) is 0 Å². The maximum Gasteiger partial charge on any atom is 0.228 e. The minimum Gasteiger partial charge on any atom is -0.326 e. The topological polar surface area (TPSA) is 66.5 Å². The van der Waals surface area contributed by atoms with E-state index in [0.717, 1.165) is 12.1 Å². The Bertz CT molecular complexity index is 586. The van der Waals surface area contributed by atoms with Crippen molar-refractivity contribution < 1.29 is 14.4 Å². The van der Waals surface area contributed by atoms with E-state index in [0.29, 0.717) is 24.9 Å². The lowest BCUT2D eigenvalue weighted by molar-refractivity contribution is -0.135. The van der Waals surface area contributed by atoms with Crippen molar-refractivity contribution in [2.45, 2.75) is 38.6 Å². The molecule has 1 aliphatic heterocycles. The Morgan fingerprint density at radius 3 is 2.38 bits per heavy atom. The predicted octanol–water partition coefficient (Wildman–Crippen LogP) is 2.12. The van der Waals surface area contributed by atoms with Crippen LogP contribution in [0.1, 0.15) is 32.6 Å². The number of benzene rings is 1. The normalized spacial score (nSPS) is 22.3. The molecule has 1 unspecified atom stereocenters. The first-order valence-electron chi connectivity index (χ1n) is 7.29. The molecule has 0 radical (unpaired) electrons. The van der Waals surface area contributed by atoms with Crippen LogP contribution in [0, 0.1) is 5.92 Å². The van der Waals surface area contributed by atoms with Crippen molar-refractivity contribution in [3.8, 4) is 0 Å². The number of ketones is 1. The molecule has 0 spiro atoms. The standard InChI is InChI=1S/C16H18N2O3/c1-10-2-7-15(20)18(10)13-5-3-12(4-6-13)17-16(21)11-8-14(19)9-11/h3-6,10-11H,2,7-9H2,1H3,(H,17,21). The first-order chi connectivity index (χ1) is 10.0. The number of carbonyl (C=O) groups excluding carboxylic acids is 3. The van der Waals surface area contributed by atoms with Crippen molar-refractivity contribution in [3.05, 3.63) is 24.3 Å². The van der Waals surface area contributed by atoms with Crippen molar-refractivity contribution in [3.63, 3.8) is 0 Å². The van der Waals surface area contributed by atoms with Gasteiger partial charge in [0.1, 0.15) is 5.78 Å². The summed E-state index contributed by atoms with van der Waals surface area (Å²) in [6.07, 6.45) is 2.18. The van der Waals surface area contributed by atoms with E-state index < -0.39 is 0 Å². The molecule has 1 aromatic rings. The number of hydrogen-bond donors (Lipinski definition) is 1. The molecular weight excluding hydrogens is 268 g/mol. The van der Waals surface area contributed by atoms with Crippen molar-refractivity contribution in [2.75, 3.05) is 10.2 Å². The van der Waals surface area contributed by atoms with E-state index in [1.165, 1.54) is 0 Å². The van der Waals surface area contributed by atoms with E-state index in [4.69, 9.17) is 0 Å². The molecule has 21 heavy (non-hydrogen) atoms. The van der Waals surface area contributed by atoms with Gasteiger partial charge in [0.05, 0.1) is 5.92 Å². The van der Waals surface area contributed by atoms with Crippen molar-refractivity contribution in [2.24, 2.45) is 5.92 Å².